The lowest BCUT2D eigenvalue weighted by Gasteiger charge is -2.20. The zero-order valence-electron chi connectivity index (χ0n) is 18.6. The van der Waals surface area contributed by atoms with E-state index in [-0.39, 0.29) is 23.3 Å². The molecule has 0 atom stereocenters. The van der Waals surface area contributed by atoms with E-state index in [2.05, 4.69) is 36.5 Å². The van der Waals surface area contributed by atoms with Gasteiger partial charge in [-0.05, 0) is 57.9 Å². The van der Waals surface area contributed by atoms with Crippen LogP contribution >= 0.6 is 0 Å². The van der Waals surface area contributed by atoms with Crippen molar-refractivity contribution in [2.45, 2.75) is 53.0 Å². The van der Waals surface area contributed by atoms with E-state index < -0.39 is 0 Å². The SMILES string of the molecule is CNC(=O)c1cccc(NC(=O)c2cc(C(C)C)nc3c2c(C)nn3C(C)(C)C)c1. The molecule has 3 aromatic rings. The summed E-state index contributed by atoms with van der Waals surface area (Å²) in [6, 6.07) is 8.70. The van der Waals surface area contributed by atoms with Crippen LogP contribution in [0.4, 0.5) is 5.69 Å². The monoisotopic (exact) mass is 407 g/mol. The first-order chi connectivity index (χ1) is 14.0. The number of aromatic nitrogens is 3. The Morgan fingerprint density at radius 1 is 1.10 bits per heavy atom. The predicted octanol–water partition coefficient (Wildman–Crippen LogP) is 4.23. The number of rotatable bonds is 4. The number of fused-ring (bicyclic) bond motifs is 1. The van der Waals surface area contributed by atoms with Gasteiger partial charge in [0.25, 0.3) is 11.8 Å². The van der Waals surface area contributed by atoms with Crippen molar-refractivity contribution in [3.63, 3.8) is 0 Å². The maximum Gasteiger partial charge on any atom is 0.256 e. The molecular weight excluding hydrogens is 378 g/mol. The molecule has 0 saturated carbocycles. The van der Waals surface area contributed by atoms with E-state index in [0.29, 0.717) is 22.5 Å². The standard InChI is InChI=1S/C23H29N5O2/c1-13(2)18-12-17(19-14(3)27-28(20(19)26-18)23(4,5)6)22(30)25-16-10-8-9-15(11-16)21(29)24-7/h8-13H,1-7H3,(H,24,29)(H,25,30). The minimum absolute atomic E-state index is 0.154. The fourth-order valence-corrected chi connectivity index (χ4v) is 3.33. The lowest BCUT2D eigenvalue weighted by Crippen LogP contribution is -2.24. The lowest BCUT2D eigenvalue weighted by molar-refractivity contribution is 0.0961. The molecule has 2 heterocycles. The van der Waals surface area contributed by atoms with E-state index in [1.807, 2.05) is 31.5 Å². The van der Waals surface area contributed by atoms with Crippen LogP contribution in [0.15, 0.2) is 30.3 Å². The molecule has 0 aliphatic rings. The number of nitrogens with one attached hydrogen (secondary N) is 2. The van der Waals surface area contributed by atoms with E-state index in [4.69, 9.17) is 4.98 Å². The van der Waals surface area contributed by atoms with E-state index >= 15 is 0 Å². The first kappa shape index (κ1) is 21.5. The Morgan fingerprint density at radius 3 is 2.40 bits per heavy atom. The van der Waals surface area contributed by atoms with E-state index in [1.54, 1.807) is 31.3 Å². The number of hydrogen-bond donors (Lipinski definition) is 2. The zero-order valence-corrected chi connectivity index (χ0v) is 18.6. The third-order valence-corrected chi connectivity index (χ3v) is 4.91. The highest BCUT2D eigenvalue weighted by Gasteiger charge is 2.25. The summed E-state index contributed by atoms with van der Waals surface area (Å²) in [5, 5.41) is 10.9. The fraction of sp³-hybridized carbons (Fsp3) is 0.391. The van der Waals surface area contributed by atoms with Gasteiger partial charge in [0.2, 0.25) is 0 Å². The molecule has 0 radical (unpaired) electrons. The van der Waals surface area contributed by atoms with Crippen LogP contribution in [0.2, 0.25) is 0 Å². The largest absolute Gasteiger partial charge is 0.355 e. The summed E-state index contributed by atoms with van der Waals surface area (Å²) in [6.07, 6.45) is 0. The number of pyridine rings is 1. The highest BCUT2D eigenvalue weighted by molar-refractivity contribution is 6.13. The molecule has 7 nitrogen and oxygen atoms in total. The Balaban J connectivity index is 2.12. The first-order valence-corrected chi connectivity index (χ1v) is 10.1. The van der Waals surface area contributed by atoms with Crippen molar-refractivity contribution < 1.29 is 9.59 Å². The van der Waals surface area contributed by atoms with Crippen LogP contribution in [-0.4, -0.2) is 33.6 Å². The molecule has 0 spiro atoms. The summed E-state index contributed by atoms with van der Waals surface area (Å²) in [4.78, 5) is 30.0. The molecule has 1 aromatic carbocycles. The second-order valence-electron chi connectivity index (χ2n) is 8.73. The molecule has 0 aliphatic carbocycles. The number of amides is 2. The van der Waals surface area contributed by atoms with Gasteiger partial charge in [-0.15, -0.1) is 0 Å². The smallest absolute Gasteiger partial charge is 0.256 e. The maximum absolute atomic E-state index is 13.3. The van der Waals surface area contributed by atoms with Gasteiger partial charge in [-0.1, -0.05) is 19.9 Å². The van der Waals surface area contributed by atoms with E-state index in [1.165, 1.54) is 0 Å². The molecule has 7 heteroatoms. The summed E-state index contributed by atoms with van der Waals surface area (Å²) in [5.74, 6) is -0.308. The minimum atomic E-state index is -0.273. The maximum atomic E-state index is 13.3. The molecule has 0 bridgehead atoms. The van der Waals surface area contributed by atoms with Crippen LogP contribution < -0.4 is 10.6 Å². The van der Waals surface area contributed by atoms with Crippen LogP contribution in [0, 0.1) is 6.92 Å². The van der Waals surface area contributed by atoms with Gasteiger partial charge in [0.1, 0.15) is 0 Å². The molecular formula is C23H29N5O2. The van der Waals surface area contributed by atoms with Crippen molar-refractivity contribution in [1.29, 1.82) is 0 Å². The lowest BCUT2D eigenvalue weighted by atomic mass is 10.0. The molecule has 2 amide bonds. The van der Waals surface area contributed by atoms with Gasteiger partial charge in [-0.2, -0.15) is 5.10 Å². The summed E-state index contributed by atoms with van der Waals surface area (Å²) in [5.41, 5.74) is 3.58. The number of nitrogens with zero attached hydrogens (tertiary/aromatic N) is 3. The Bertz CT molecular complexity index is 1120. The number of carbonyl (C=O) groups excluding carboxylic acids is 2. The van der Waals surface area contributed by atoms with Crippen molar-refractivity contribution in [2.24, 2.45) is 0 Å². The normalized spacial score (nSPS) is 11.7. The Labute approximate surface area is 176 Å². The first-order valence-electron chi connectivity index (χ1n) is 10.1. The molecule has 158 valence electrons. The van der Waals surface area contributed by atoms with Crippen molar-refractivity contribution >= 4 is 28.5 Å². The molecule has 3 rings (SSSR count). The second-order valence-corrected chi connectivity index (χ2v) is 8.73. The van der Waals surface area contributed by atoms with Crippen LogP contribution in [0.5, 0.6) is 0 Å². The van der Waals surface area contributed by atoms with E-state index in [0.717, 1.165) is 16.8 Å². The fourth-order valence-electron chi connectivity index (χ4n) is 3.33. The molecule has 0 unspecified atom stereocenters. The summed E-state index contributed by atoms with van der Waals surface area (Å²) < 4.78 is 1.88. The minimum Gasteiger partial charge on any atom is -0.355 e. The van der Waals surface area contributed by atoms with Gasteiger partial charge in [0.05, 0.1) is 22.2 Å². The van der Waals surface area contributed by atoms with Crippen LogP contribution in [0.3, 0.4) is 0 Å². The average molecular weight is 408 g/mol. The summed E-state index contributed by atoms with van der Waals surface area (Å²) in [6.45, 7) is 12.2. The molecule has 2 N–H and O–H groups in total. The molecule has 0 aliphatic heterocycles. The highest BCUT2D eigenvalue weighted by Crippen LogP contribution is 2.29. The Hall–Kier alpha value is -3.22. The quantitative estimate of drug-likeness (QED) is 0.677. The number of benzene rings is 1. The van der Waals surface area contributed by atoms with Gasteiger partial charge in [0.15, 0.2) is 5.65 Å². The van der Waals surface area contributed by atoms with Crippen molar-refractivity contribution in [3.8, 4) is 0 Å². The van der Waals surface area contributed by atoms with Gasteiger partial charge in [0, 0.05) is 24.0 Å². The Morgan fingerprint density at radius 2 is 1.80 bits per heavy atom. The molecule has 0 saturated heterocycles. The van der Waals surface area contributed by atoms with E-state index in [9.17, 15) is 9.59 Å². The predicted molar refractivity (Wildman–Crippen MR) is 119 cm³/mol. The average Bonchev–Trinajstić information content (AvgIpc) is 3.04. The van der Waals surface area contributed by atoms with Crippen LogP contribution in [0.25, 0.3) is 11.0 Å². The summed E-state index contributed by atoms with van der Waals surface area (Å²) >= 11 is 0. The van der Waals surface area contributed by atoms with Gasteiger partial charge in [-0.25, -0.2) is 9.67 Å². The molecule has 0 fully saturated rings. The second kappa shape index (κ2) is 7.89. The van der Waals surface area contributed by atoms with Gasteiger partial charge < -0.3 is 10.6 Å². The number of anilines is 1. The number of aryl methyl sites for hydroxylation is 1. The van der Waals surface area contributed by atoms with Crippen LogP contribution in [-0.2, 0) is 5.54 Å². The van der Waals surface area contributed by atoms with Crippen molar-refractivity contribution in [1.82, 2.24) is 20.1 Å². The third kappa shape index (κ3) is 4.06. The molecule has 30 heavy (non-hydrogen) atoms. The Kier molecular flexibility index (Phi) is 5.65. The highest BCUT2D eigenvalue weighted by atomic mass is 16.2. The topological polar surface area (TPSA) is 88.9 Å². The third-order valence-electron chi connectivity index (χ3n) is 4.91. The molecule has 2 aromatic heterocycles. The summed E-state index contributed by atoms with van der Waals surface area (Å²) in [7, 11) is 1.57. The zero-order chi connectivity index (χ0) is 22.2. The van der Waals surface area contributed by atoms with Gasteiger partial charge >= 0.3 is 0 Å². The van der Waals surface area contributed by atoms with Crippen molar-refractivity contribution in [2.75, 3.05) is 12.4 Å². The number of carbonyl (C=O) groups is 2. The number of hydrogen-bond acceptors (Lipinski definition) is 4. The van der Waals surface area contributed by atoms with Crippen LogP contribution in [0.1, 0.15) is 72.6 Å². The van der Waals surface area contributed by atoms with Gasteiger partial charge in [-0.3, -0.25) is 9.59 Å². The van der Waals surface area contributed by atoms with Crippen molar-refractivity contribution in [3.05, 3.63) is 52.8 Å².